The normalized spacial score (nSPS) is 16.1. The molecule has 0 spiro atoms. The average Bonchev–Trinajstić information content (AvgIpc) is 2.99. The van der Waals surface area contributed by atoms with Crippen LogP contribution in [-0.2, 0) is 6.42 Å². The number of aromatic nitrogens is 1. The van der Waals surface area contributed by atoms with Crippen molar-refractivity contribution in [1.29, 1.82) is 0 Å². The zero-order valence-corrected chi connectivity index (χ0v) is 13.1. The number of nitrogens with zero attached hydrogens (tertiary/aromatic N) is 2. The van der Waals surface area contributed by atoms with E-state index in [1.165, 1.54) is 36.2 Å². The SMILES string of the molecule is CC(=O)c1cnc(N2CCC(Cc3ccccc3)CC2)s1. The number of thiazole rings is 1. The number of hydrogen-bond donors (Lipinski definition) is 0. The maximum Gasteiger partial charge on any atom is 0.185 e. The highest BCUT2D eigenvalue weighted by Gasteiger charge is 2.21. The maximum atomic E-state index is 11.3. The van der Waals surface area contributed by atoms with Crippen molar-refractivity contribution in [3.05, 3.63) is 47.0 Å². The number of ketones is 1. The van der Waals surface area contributed by atoms with Crippen molar-refractivity contribution in [3.63, 3.8) is 0 Å². The van der Waals surface area contributed by atoms with Crippen molar-refractivity contribution < 1.29 is 4.79 Å². The lowest BCUT2D eigenvalue weighted by atomic mass is 9.90. The molecule has 2 heterocycles. The minimum atomic E-state index is 0.109. The van der Waals surface area contributed by atoms with Crippen molar-refractivity contribution in [2.45, 2.75) is 26.2 Å². The van der Waals surface area contributed by atoms with Crippen LogP contribution in [0.15, 0.2) is 36.5 Å². The van der Waals surface area contributed by atoms with Gasteiger partial charge in [0.1, 0.15) is 0 Å². The van der Waals surface area contributed by atoms with Crippen LogP contribution in [-0.4, -0.2) is 23.9 Å². The minimum absolute atomic E-state index is 0.109. The minimum Gasteiger partial charge on any atom is -0.348 e. The Hall–Kier alpha value is -1.68. The van der Waals surface area contributed by atoms with E-state index in [-0.39, 0.29) is 5.78 Å². The van der Waals surface area contributed by atoms with Gasteiger partial charge in [0.25, 0.3) is 0 Å². The molecule has 1 saturated heterocycles. The summed E-state index contributed by atoms with van der Waals surface area (Å²) in [5.41, 5.74) is 1.43. The van der Waals surface area contributed by atoms with Gasteiger partial charge in [-0.15, -0.1) is 0 Å². The van der Waals surface area contributed by atoms with Crippen LogP contribution < -0.4 is 4.90 Å². The molecule has 0 radical (unpaired) electrons. The van der Waals surface area contributed by atoms with Crippen molar-refractivity contribution >= 4 is 22.3 Å². The summed E-state index contributed by atoms with van der Waals surface area (Å²) >= 11 is 1.52. The maximum absolute atomic E-state index is 11.3. The number of hydrogen-bond acceptors (Lipinski definition) is 4. The molecule has 3 nitrogen and oxygen atoms in total. The summed E-state index contributed by atoms with van der Waals surface area (Å²) in [6.07, 6.45) is 5.28. The lowest BCUT2D eigenvalue weighted by molar-refractivity contribution is 0.102. The Bertz CT molecular complexity index is 600. The number of rotatable bonds is 4. The van der Waals surface area contributed by atoms with E-state index >= 15 is 0 Å². The van der Waals surface area contributed by atoms with Gasteiger partial charge < -0.3 is 4.90 Å². The lowest BCUT2D eigenvalue weighted by Crippen LogP contribution is -2.34. The first-order chi connectivity index (χ1) is 10.2. The summed E-state index contributed by atoms with van der Waals surface area (Å²) in [5.74, 6) is 0.869. The molecule has 0 bridgehead atoms. The second-order valence-electron chi connectivity index (χ2n) is 5.68. The Labute approximate surface area is 129 Å². The summed E-state index contributed by atoms with van der Waals surface area (Å²) < 4.78 is 0. The van der Waals surface area contributed by atoms with Gasteiger partial charge >= 0.3 is 0 Å². The van der Waals surface area contributed by atoms with E-state index in [0.29, 0.717) is 0 Å². The van der Waals surface area contributed by atoms with Crippen molar-refractivity contribution in [2.24, 2.45) is 5.92 Å². The predicted octanol–water partition coefficient (Wildman–Crippen LogP) is 3.80. The molecule has 0 N–H and O–H groups in total. The predicted molar refractivity (Wildman–Crippen MR) is 87.2 cm³/mol. The van der Waals surface area contributed by atoms with Gasteiger partial charge in [-0.2, -0.15) is 0 Å². The third-order valence-electron chi connectivity index (χ3n) is 4.09. The van der Waals surface area contributed by atoms with Gasteiger partial charge in [0.2, 0.25) is 0 Å². The Morgan fingerprint density at radius 1 is 1.29 bits per heavy atom. The molecule has 21 heavy (non-hydrogen) atoms. The first-order valence-electron chi connectivity index (χ1n) is 7.48. The first kappa shape index (κ1) is 14.3. The molecule has 1 aromatic heterocycles. The van der Waals surface area contributed by atoms with Gasteiger partial charge in [-0.25, -0.2) is 4.98 Å². The van der Waals surface area contributed by atoms with Gasteiger partial charge in [-0.1, -0.05) is 41.7 Å². The molecule has 0 aliphatic carbocycles. The number of piperidine rings is 1. The lowest BCUT2D eigenvalue weighted by Gasteiger charge is -2.31. The van der Waals surface area contributed by atoms with Crippen LogP contribution in [0.2, 0.25) is 0 Å². The zero-order chi connectivity index (χ0) is 14.7. The largest absolute Gasteiger partial charge is 0.348 e. The van der Waals surface area contributed by atoms with Crippen LogP contribution in [0, 0.1) is 5.92 Å². The third-order valence-corrected chi connectivity index (χ3v) is 5.25. The first-order valence-corrected chi connectivity index (χ1v) is 8.29. The number of carbonyl (C=O) groups excluding carboxylic acids is 1. The molecule has 0 saturated carbocycles. The molecule has 1 aliphatic rings. The van der Waals surface area contributed by atoms with Crippen LogP contribution in [0.1, 0.15) is 35.0 Å². The Balaban J connectivity index is 1.56. The molecule has 1 aliphatic heterocycles. The van der Waals surface area contributed by atoms with Gasteiger partial charge in [-0.3, -0.25) is 4.79 Å². The van der Waals surface area contributed by atoms with Crippen LogP contribution in [0.25, 0.3) is 0 Å². The fourth-order valence-electron chi connectivity index (χ4n) is 2.85. The van der Waals surface area contributed by atoms with E-state index in [4.69, 9.17) is 0 Å². The Morgan fingerprint density at radius 2 is 2.00 bits per heavy atom. The quantitative estimate of drug-likeness (QED) is 0.805. The molecule has 2 aromatic rings. The standard InChI is InChI=1S/C17H20N2OS/c1-13(20)16-12-18-17(21-16)19-9-7-15(8-10-19)11-14-5-3-2-4-6-14/h2-6,12,15H,7-11H2,1H3. The van der Waals surface area contributed by atoms with E-state index in [2.05, 4.69) is 40.2 Å². The highest BCUT2D eigenvalue weighted by Crippen LogP contribution is 2.28. The molecule has 0 amide bonds. The Kier molecular flexibility index (Phi) is 4.34. The molecule has 1 fully saturated rings. The Morgan fingerprint density at radius 3 is 2.62 bits per heavy atom. The number of Topliss-reactive ketones (excluding diaryl/α,β-unsaturated/α-hetero) is 1. The van der Waals surface area contributed by atoms with Crippen LogP contribution in [0.4, 0.5) is 5.13 Å². The molecule has 3 rings (SSSR count). The van der Waals surface area contributed by atoms with Crippen LogP contribution in [0.5, 0.6) is 0 Å². The summed E-state index contributed by atoms with van der Waals surface area (Å²) in [6.45, 7) is 3.69. The van der Waals surface area contributed by atoms with Gasteiger partial charge in [0, 0.05) is 20.0 Å². The molecule has 4 heteroatoms. The smallest absolute Gasteiger partial charge is 0.185 e. The highest BCUT2D eigenvalue weighted by atomic mass is 32.1. The zero-order valence-electron chi connectivity index (χ0n) is 12.3. The van der Waals surface area contributed by atoms with Crippen LogP contribution in [0.3, 0.4) is 0 Å². The van der Waals surface area contributed by atoms with Gasteiger partial charge in [0.05, 0.1) is 11.1 Å². The number of anilines is 1. The van der Waals surface area contributed by atoms with E-state index in [9.17, 15) is 4.79 Å². The molecule has 110 valence electrons. The molecule has 0 unspecified atom stereocenters. The summed E-state index contributed by atoms with van der Waals surface area (Å²) in [7, 11) is 0. The second-order valence-corrected chi connectivity index (χ2v) is 6.69. The van der Waals surface area contributed by atoms with E-state index in [1.807, 2.05) is 0 Å². The van der Waals surface area contributed by atoms with Crippen molar-refractivity contribution in [1.82, 2.24) is 4.98 Å². The highest BCUT2D eigenvalue weighted by molar-refractivity contribution is 7.17. The number of benzene rings is 1. The molecule has 1 aromatic carbocycles. The number of carbonyl (C=O) groups is 1. The topological polar surface area (TPSA) is 33.2 Å². The second kappa shape index (κ2) is 6.39. The average molecular weight is 300 g/mol. The van der Waals surface area contributed by atoms with Crippen molar-refractivity contribution in [3.8, 4) is 0 Å². The fourth-order valence-corrected chi connectivity index (χ4v) is 3.71. The summed E-state index contributed by atoms with van der Waals surface area (Å²) in [6, 6.07) is 10.7. The van der Waals surface area contributed by atoms with Crippen LogP contribution >= 0.6 is 11.3 Å². The summed E-state index contributed by atoms with van der Waals surface area (Å²) in [5, 5.41) is 0.998. The molecular weight excluding hydrogens is 280 g/mol. The summed E-state index contributed by atoms with van der Waals surface area (Å²) in [4.78, 5) is 18.8. The van der Waals surface area contributed by atoms with Gasteiger partial charge in [-0.05, 0) is 30.7 Å². The van der Waals surface area contributed by atoms with Crippen molar-refractivity contribution in [2.75, 3.05) is 18.0 Å². The van der Waals surface area contributed by atoms with E-state index < -0.39 is 0 Å². The monoisotopic (exact) mass is 300 g/mol. The molecule has 0 atom stereocenters. The third kappa shape index (κ3) is 3.50. The fraction of sp³-hybridized carbons (Fsp3) is 0.412. The van der Waals surface area contributed by atoms with E-state index in [0.717, 1.165) is 29.0 Å². The van der Waals surface area contributed by atoms with E-state index in [1.54, 1.807) is 13.1 Å². The van der Waals surface area contributed by atoms with Gasteiger partial charge in [0.15, 0.2) is 10.9 Å². The molecular formula is C17H20N2OS.